The van der Waals surface area contributed by atoms with Gasteiger partial charge in [0, 0.05) is 12.3 Å². The van der Waals surface area contributed by atoms with Gasteiger partial charge in [-0.2, -0.15) is 0 Å². The highest BCUT2D eigenvalue weighted by atomic mass is 28.4. The van der Waals surface area contributed by atoms with Crippen LogP contribution in [0.5, 0.6) is 0 Å². The molecule has 100 valence electrons. The molecule has 0 bridgehead atoms. The fourth-order valence-electron chi connectivity index (χ4n) is 1.13. The van der Waals surface area contributed by atoms with Crippen LogP contribution < -0.4 is 0 Å². The van der Waals surface area contributed by atoms with Crippen LogP contribution in [0.2, 0.25) is 18.1 Å². The van der Waals surface area contributed by atoms with Gasteiger partial charge in [-0.15, -0.1) is 0 Å². The van der Waals surface area contributed by atoms with E-state index in [0.717, 1.165) is 19.1 Å². The maximum absolute atomic E-state index is 11.7. The second-order valence-electron chi connectivity index (χ2n) is 6.24. The molecule has 0 amide bonds. The van der Waals surface area contributed by atoms with Gasteiger partial charge in [-0.25, -0.2) is 0 Å². The lowest BCUT2D eigenvalue weighted by molar-refractivity contribution is -0.135. The first-order valence-corrected chi connectivity index (χ1v) is 9.18. The van der Waals surface area contributed by atoms with E-state index in [2.05, 4.69) is 33.9 Å². The summed E-state index contributed by atoms with van der Waals surface area (Å²) in [6, 6.07) is 0. The molecule has 0 fully saturated rings. The molecule has 0 rings (SSSR count). The fourth-order valence-corrected chi connectivity index (χ4v) is 2.10. The Balaban J connectivity index is 4.07. The van der Waals surface area contributed by atoms with Crippen molar-refractivity contribution < 1.29 is 14.0 Å². The van der Waals surface area contributed by atoms with Crippen molar-refractivity contribution in [2.24, 2.45) is 5.92 Å². The van der Waals surface area contributed by atoms with Crippen molar-refractivity contribution in [1.82, 2.24) is 0 Å². The number of carbonyl (C=O) groups is 2. The highest BCUT2D eigenvalue weighted by Gasteiger charge is 2.40. The molecule has 0 aliphatic carbocycles. The molecule has 0 saturated heterocycles. The molecule has 0 spiro atoms. The molecule has 4 heteroatoms. The number of hydrogen-bond acceptors (Lipinski definition) is 3. The van der Waals surface area contributed by atoms with Crippen molar-refractivity contribution in [3.05, 3.63) is 0 Å². The zero-order valence-electron chi connectivity index (χ0n) is 12.0. The third-order valence-corrected chi connectivity index (χ3v) is 7.80. The zero-order valence-corrected chi connectivity index (χ0v) is 13.0. The van der Waals surface area contributed by atoms with E-state index in [9.17, 15) is 9.59 Å². The molecule has 0 saturated carbocycles. The third-order valence-electron chi connectivity index (χ3n) is 3.45. The first-order valence-electron chi connectivity index (χ1n) is 6.27. The van der Waals surface area contributed by atoms with E-state index in [1.165, 1.54) is 0 Å². The van der Waals surface area contributed by atoms with Crippen LogP contribution in [-0.2, 0) is 14.0 Å². The molecule has 3 nitrogen and oxygen atoms in total. The standard InChI is InChI=1S/C13H26O3Si/c1-11(10-14)8-7-9-12(15)16-17(5,6)13(2,3)4/h10-11H,7-9H2,1-6H3. The lowest BCUT2D eigenvalue weighted by Crippen LogP contribution is -2.42. The SMILES string of the molecule is CC(C=O)CCCC(=O)O[Si](C)(C)C(C)(C)C. The predicted molar refractivity (Wildman–Crippen MR) is 72.4 cm³/mol. The molecule has 1 unspecified atom stereocenters. The van der Waals surface area contributed by atoms with Gasteiger partial charge in [0.05, 0.1) is 0 Å². The van der Waals surface area contributed by atoms with E-state index >= 15 is 0 Å². The lowest BCUT2D eigenvalue weighted by atomic mass is 10.1. The van der Waals surface area contributed by atoms with Gasteiger partial charge in [0.1, 0.15) is 6.29 Å². The minimum Gasteiger partial charge on any atom is -0.519 e. The van der Waals surface area contributed by atoms with Gasteiger partial charge in [-0.05, 0) is 31.0 Å². The topological polar surface area (TPSA) is 43.4 Å². The van der Waals surface area contributed by atoms with Crippen LogP contribution in [0.3, 0.4) is 0 Å². The van der Waals surface area contributed by atoms with E-state index in [1.807, 2.05) is 6.92 Å². The second-order valence-corrected chi connectivity index (χ2v) is 11.0. The van der Waals surface area contributed by atoms with Crippen LogP contribution >= 0.6 is 0 Å². The van der Waals surface area contributed by atoms with E-state index in [0.29, 0.717) is 6.42 Å². The summed E-state index contributed by atoms with van der Waals surface area (Å²) >= 11 is 0. The van der Waals surface area contributed by atoms with Crippen molar-refractivity contribution in [3.63, 3.8) is 0 Å². The first-order chi connectivity index (χ1) is 7.60. The molecule has 0 aliphatic rings. The molecular weight excluding hydrogens is 232 g/mol. The lowest BCUT2D eigenvalue weighted by Gasteiger charge is -2.35. The normalized spacial score (nSPS) is 14.2. The molecule has 0 aromatic rings. The fraction of sp³-hybridized carbons (Fsp3) is 0.846. The molecule has 1 atom stereocenters. The highest BCUT2D eigenvalue weighted by molar-refractivity contribution is 6.75. The van der Waals surface area contributed by atoms with Crippen LogP contribution in [0, 0.1) is 5.92 Å². The van der Waals surface area contributed by atoms with Gasteiger partial charge in [-0.1, -0.05) is 27.7 Å². The Morgan fingerprint density at radius 3 is 2.29 bits per heavy atom. The molecule has 0 aliphatic heterocycles. The zero-order chi connectivity index (χ0) is 13.7. The second kappa shape index (κ2) is 6.33. The van der Waals surface area contributed by atoms with E-state index < -0.39 is 8.32 Å². The minimum atomic E-state index is -1.97. The molecular formula is C13H26O3Si. The third kappa shape index (κ3) is 6.01. The minimum absolute atomic E-state index is 0.0377. The summed E-state index contributed by atoms with van der Waals surface area (Å²) in [5.41, 5.74) is 0. The summed E-state index contributed by atoms with van der Waals surface area (Å²) in [4.78, 5) is 22.1. The Kier molecular flexibility index (Phi) is 6.09. The monoisotopic (exact) mass is 258 g/mol. The largest absolute Gasteiger partial charge is 0.519 e. The Hall–Kier alpha value is -0.643. The maximum atomic E-state index is 11.7. The number of aldehydes is 1. The van der Waals surface area contributed by atoms with Crippen LogP contribution in [0.1, 0.15) is 47.0 Å². The Labute approximate surface area is 106 Å². The van der Waals surface area contributed by atoms with Crippen LogP contribution in [0.25, 0.3) is 0 Å². The van der Waals surface area contributed by atoms with Crippen molar-refractivity contribution >= 4 is 20.6 Å². The van der Waals surface area contributed by atoms with Crippen LogP contribution in [0.15, 0.2) is 0 Å². The van der Waals surface area contributed by atoms with Gasteiger partial charge in [0.2, 0.25) is 0 Å². The number of carbonyl (C=O) groups excluding carboxylic acids is 2. The maximum Gasteiger partial charge on any atom is 0.292 e. The van der Waals surface area contributed by atoms with Gasteiger partial charge in [0.15, 0.2) is 0 Å². The van der Waals surface area contributed by atoms with Crippen LogP contribution in [-0.4, -0.2) is 20.6 Å². The van der Waals surface area contributed by atoms with E-state index in [1.54, 1.807) is 0 Å². The smallest absolute Gasteiger partial charge is 0.292 e. The van der Waals surface area contributed by atoms with Crippen molar-refractivity contribution in [1.29, 1.82) is 0 Å². The molecule has 0 radical (unpaired) electrons. The molecule has 0 N–H and O–H groups in total. The van der Waals surface area contributed by atoms with Crippen molar-refractivity contribution in [2.45, 2.75) is 65.1 Å². The average Bonchev–Trinajstić information content (AvgIpc) is 2.14. The van der Waals surface area contributed by atoms with Crippen LogP contribution in [0.4, 0.5) is 0 Å². The summed E-state index contributed by atoms with van der Waals surface area (Å²) in [6.07, 6.45) is 2.84. The first kappa shape index (κ1) is 16.4. The molecule has 17 heavy (non-hydrogen) atoms. The molecule has 0 heterocycles. The molecule has 0 aromatic carbocycles. The quantitative estimate of drug-likeness (QED) is 0.540. The summed E-state index contributed by atoms with van der Waals surface area (Å²) in [7, 11) is -1.97. The van der Waals surface area contributed by atoms with Gasteiger partial charge in [0.25, 0.3) is 14.3 Å². The van der Waals surface area contributed by atoms with Gasteiger partial charge < -0.3 is 9.22 Å². The summed E-state index contributed by atoms with van der Waals surface area (Å²) in [5.74, 6) is -0.0784. The van der Waals surface area contributed by atoms with Crippen molar-refractivity contribution in [3.8, 4) is 0 Å². The number of hydrogen-bond donors (Lipinski definition) is 0. The number of rotatable bonds is 6. The van der Waals surface area contributed by atoms with Gasteiger partial charge >= 0.3 is 0 Å². The molecule has 0 aromatic heterocycles. The summed E-state index contributed by atoms with van der Waals surface area (Å²) in [6.45, 7) is 12.3. The van der Waals surface area contributed by atoms with E-state index in [4.69, 9.17) is 4.43 Å². The van der Waals surface area contributed by atoms with E-state index in [-0.39, 0.29) is 16.9 Å². The Bertz CT molecular complexity index is 266. The summed E-state index contributed by atoms with van der Waals surface area (Å²) < 4.78 is 5.63. The Morgan fingerprint density at radius 1 is 1.35 bits per heavy atom. The van der Waals surface area contributed by atoms with Gasteiger partial charge in [-0.3, -0.25) is 4.79 Å². The Morgan fingerprint density at radius 2 is 1.88 bits per heavy atom. The highest BCUT2D eigenvalue weighted by Crippen LogP contribution is 2.36. The predicted octanol–water partition coefficient (Wildman–Crippen LogP) is 3.54. The summed E-state index contributed by atoms with van der Waals surface area (Å²) in [5, 5.41) is 0.0543. The van der Waals surface area contributed by atoms with Crippen molar-refractivity contribution in [2.75, 3.05) is 0 Å². The average molecular weight is 258 g/mol.